The van der Waals surface area contributed by atoms with E-state index < -0.39 is 6.10 Å². The van der Waals surface area contributed by atoms with Crippen LogP contribution in [-0.4, -0.2) is 23.7 Å². The number of aliphatic hydroxyl groups excluding tert-OH is 1. The highest BCUT2D eigenvalue weighted by Gasteiger charge is 2.27. The van der Waals surface area contributed by atoms with Gasteiger partial charge in [-0.1, -0.05) is 25.1 Å². The van der Waals surface area contributed by atoms with Crippen molar-refractivity contribution in [2.45, 2.75) is 38.3 Å². The fraction of sp³-hybridized carbons (Fsp3) is 0.500. The molecule has 0 aromatic heterocycles. The van der Waals surface area contributed by atoms with E-state index in [0.717, 1.165) is 12.0 Å². The zero-order valence-corrected chi connectivity index (χ0v) is 10.6. The first kappa shape index (κ1) is 12.9. The lowest BCUT2D eigenvalue weighted by atomic mass is 10.00. The van der Waals surface area contributed by atoms with Gasteiger partial charge in [0.2, 0.25) is 5.91 Å². The third-order valence-corrected chi connectivity index (χ3v) is 3.13. The van der Waals surface area contributed by atoms with Gasteiger partial charge in [-0.05, 0) is 12.5 Å². The number of hydrogen-bond acceptors (Lipinski definition) is 3. The molecule has 1 aromatic carbocycles. The van der Waals surface area contributed by atoms with Crippen LogP contribution in [0.2, 0.25) is 0 Å². The van der Waals surface area contributed by atoms with Crippen molar-refractivity contribution >= 4 is 5.91 Å². The minimum absolute atomic E-state index is 0.0130. The van der Waals surface area contributed by atoms with Gasteiger partial charge in [0.05, 0.1) is 12.6 Å². The van der Waals surface area contributed by atoms with Crippen LogP contribution in [-0.2, 0) is 4.79 Å². The molecule has 0 aliphatic carbocycles. The van der Waals surface area contributed by atoms with Crippen LogP contribution in [0.25, 0.3) is 0 Å². The molecule has 4 heteroatoms. The summed E-state index contributed by atoms with van der Waals surface area (Å²) in [6.45, 7) is 2.46. The van der Waals surface area contributed by atoms with Gasteiger partial charge in [-0.15, -0.1) is 0 Å². The molecule has 0 spiro atoms. The maximum absolute atomic E-state index is 11.6. The predicted octanol–water partition coefficient (Wildman–Crippen LogP) is 1.79. The topological polar surface area (TPSA) is 58.6 Å². The number of carbonyl (C=O) groups is 1. The minimum atomic E-state index is -0.704. The Morgan fingerprint density at radius 2 is 2.28 bits per heavy atom. The molecule has 0 saturated carbocycles. The second-order valence-electron chi connectivity index (χ2n) is 4.54. The number of carbonyl (C=O) groups excluding carboxylic acids is 1. The van der Waals surface area contributed by atoms with Crippen molar-refractivity contribution in [1.29, 1.82) is 0 Å². The Morgan fingerprint density at radius 1 is 1.50 bits per heavy atom. The number of aliphatic hydroxyl groups is 1. The zero-order valence-electron chi connectivity index (χ0n) is 10.6. The van der Waals surface area contributed by atoms with Crippen LogP contribution in [0.3, 0.4) is 0 Å². The molecule has 98 valence electrons. The van der Waals surface area contributed by atoms with Crippen LogP contribution in [0.5, 0.6) is 5.75 Å². The number of hydrogen-bond donors (Lipinski definition) is 2. The highest BCUT2D eigenvalue weighted by molar-refractivity contribution is 5.76. The summed E-state index contributed by atoms with van der Waals surface area (Å²) in [5.41, 5.74) is 0.747. The summed E-state index contributed by atoms with van der Waals surface area (Å²) in [5.74, 6) is 0.693. The van der Waals surface area contributed by atoms with E-state index in [-0.39, 0.29) is 11.9 Å². The first-order valence-corrected chi connectivity index (χ1v) is 6.41. The molecule has 0 radical (unpaired) electrons. The molecule has 2 atom stereocenters. The van der Waals surface area contributed by atoms with Gasteiger partial charge in [0.1, 0.15) is 11.9 Å². The van der Waals surface area contributed by atoms with E-state index in [1.807, 2.05) is 31.2 Å². The SMILES string of the molecule is CCCC(=O)NC1CCOc2ccccc2C1O. The van der Waals surface area contributed by atoms with Crippen molar-refractivity contribution in [3.8, 4) is 5.75 Å². The van der Waals surface area contributed by atoms with Crippen LogP contribution in [0.4, 0.5) is 0 Å². The smallest absolute Gasteiger partial charge is 0.220 e. The Bertz CT molecular complexity index is 419. The maximum atomic E-state index is 11.6. The van der Waals surface area contributed by atoms with Crippen LogP contribution in [0.1, 0.15) is 37.9 Å². The Labute approximate surface area is 107 Å². The van der Waals surface area contributed by atoms with Crippen LogP contribution in [0, 0.1) is 0 Å². The van der Waals surface area contributed by atoms with E-state index in [9.17, 15) is 9.90 Å². The Morgan fingerprint density at radius 3 is 3.06 bits per heavy atom. The number of benzene rings is 1. The number of nitrogens with one attached hydrogen (secondary N) is 1. The van der Waals surface area contributed by atoms with Crippen molar-refractivity contribution in [3.63, 3.8) is 0 Å². The van der Waals surface area contributed by atoms with Crippen molar-refractivity contribution in [2.75, 3.05) is 6.61 Å². The first-order chi connectivity index (χ1) is 8.72. The van der Waals surface area contributed by atoms with Crippen LogP contribution >= 0.6 is 0 Å². The van der Waals surface area contributed by atoms with Gasteiger partial charge in [0.25, 0.3) is 0 Å². The summed E-state index contributed by atoms with van der Waals surface area (Å²) in [7, 11) is 0. The second-order valence-corrected chi connectivity index (χ2v) is 4.54. The highest BCUT2D eigenvalue weighted by atomic mass is 16.5. The van der Waals surface area contributed by atoms with E-state index in [0.29, 0.717) is 25.2 Å². The fourth-order valence-electron chi connectivity index (χ4n) is 2.18. The summed E-state index contributed by atoms with van der Waals surface area (Å²) in [6, 6.07) is 7.15. The molecule has 1 aliphatic heterocycles. The summed E-state index contributed by atoms with van der Waals surface area (Å²) in [6.07, 6.45) is 1.21. The molecule has 2 unspecified atom stereocenters. The van der Waals surface area contributed by atoms with Gasteiger partial charge >= 0.3 is 0 Å². The standard InChI is InChI=1S/C14H19NO3/c1-2-5-13(16)15-11-8-9-18-12-7-4-3-6-10(12)14(11)17/h3-4,6-7,11,14,17H,2,5,8-9H2,1H3,(H,15,16). The third kappa shape index (κ3) is 2.82. The van der Waals surface area contributed by atoms with Gasteiger partial charge in [0.15, 0.2) is 0 Å². The molecular weight excluding hydrogens is 230 g/mol. The van der Waals surface area contributed by atoms with Crippen molar-refractivity contribution < 1.29 is 14.6 Å². The molecule has 1 heterocycles. The summed E-state index contributed by atoms with van der Waals surface area (Å²) < 4.78 is 5.58. The van der Waals surface area contributed by atoms with Crippen molar-refractivity contribution in [1.82, 2.24) is 5.32 Å². The van der Waals surface area contributed by atoms with Gasteiger partial charge in [-0.3, -0.25) is 4.79 Å². The highest BCUT2D eigenvalue weighted by Crippen LogP contribution is 2.31. The number of rotatable bonds is 3. The van der Waals surface area contributed by atoms with E-state index in [4.69, 9.17) is 4.74 Å². The summed E-state index contributed by atoms with van der Waals surface area (Å²) >= 11 is 0. The zero-order chi connectivity index (χ0) is 13.0. The van der Waals surface area contributed by atoms with Crippen molar-refractivity contribution in [3.05, 3.63) is 29.8 Å². The maximum Gasteiger partial charge on any atom is 0.220 e. The molecule has 2 N–H and O–H groups in total. The summed E-state index contributed by atoms with van der Waals surface area (Å²) in [5, 5.41) is 13.2. The van der Waals surface area contributed by atoms with Crippen molar-refractivity contribution in [2.24, 2.45) is 0 Å². The molecular formula is C14H19NO3. The van der Waals surface area contributed by atoms with E-state index in [1.54, 1.807) is 0 Å². The van der Waals surface area contributed by atoms with Gasteiger partial charge in [-0.2, -0.15) is 0 Å². The lowest BCUT2D eigenvalue weighted by Gasteiger charge is -2.21. The number of amides is 1. The van der Waals surface area contributed by atoms with Gasteiger partial charge < -0.3 is 15.2 Å². The first-order valence-electron chi connectivity index (χ1n) is 6.41. The van der Waals surface area contributed by atoms with E-state index in [1.165, 1.54) is 0 Å². The second kappa shape index (κ2) is 5.87. The number of ether oxygens (including phenoxy) is 1. The predicted molar refractivity (Wildman–Crippen MR) is 68.4 cm³/mol. The average Bonchev–Trinajstić information content (AvgIpc) is 2.51. The molecule has 0 saturated heterocycles. The van der Waals surface area contributed by atoms with Crippen LogP contribution < -0.4 is 10.1 Å². The molecule has 2 rings (SSSR count). The Kier molecular flexibility index (Phi) is 4.20. The molecule has 18 heavy (non-hydrogen) atoms. The third-order valence-electron chi connectivity index (χ3n) is 3.13. The van der Waals surface area contributed by atoms with E-state index >= 15 is 0 Å². The lowest BCUT2D eigenvalue weighted by Crippen LogP contribution is -2.39. The lowest BCUT2D eigenvalue weighted by molar-refractivity contribution is -0.122. The Hall–Kier alpha value is -1.55. The quantitative estimate of drug-likeness (QED) is 0.858. The normalized spacial score (nSPS) is 22.6. The number of para-hydroxylation sites is 1. The molecule has 0 fully saturated rings. The molecule has 1 amide bonds. The van der Waals surface area contributed by atoms with Gasteiger partial charge in [-0.25, -0.2) is 0 Å². The summed E-state index contributed by atoms with van der Waals surface area (Å²) in [4.78, 5) is 11.6. The molecule has 1 aliphatic rings. The fourth-order valence-corrected chi connectivity index (χ4v) is 2.18. The average molecular weight is 249 g/mol. The van der Waals surface area contributed by atoms with Gasteiger partial charge in [0, 0.05) is 18.4 Å². The number of fused-ring (bicyclic) bond motifs is 1. The minimum Gasteiger partial charge on any atom is -0.493 e. The molecule has 4 nitrogen and oxygen atoms in total. The molecule has 0 bridgehead atoms. The molecule has 1 aromatic rings. The largest absolute Gasteiger partial charge is 0.493 e. The van der Waals surface area contributed by atoms with Crippen LogP contribution in [0.15, 0.2) is 24.3 Å². The van der Waals surface area contributed by atoms with E-state index in [2.05, 4.69) is 5.32 Å². The monoisotopic (exact) mass is 249 g/mol. The Balaban J connectivity index is 2.12.